The molecule has 9 heteroatoms. The SMILES string of the molecule is CC(CC(F)(F)F)Nc1sc(C(N)=O)c(N)c1C#N. The first-order valence-electron chi connectivity index (χ1n) is 5.11. The van der Waals surface area contributed by atoms with Crippen molar-refractivity contribution in [3.05, 3.63) is 10.4 Å². The van der Waals surface area contributed by atoms with Gasteiger partial charge in [-0.25, -0.2) is 0 Å². The van der Waals surface area contributed by atoms with E-state index >= 15 is 0 Å². The van der Waals surface area contributed by atoms with E-state index in [1.165, 1.54) is 6.92 Å². The van der Waals surface area contributed by atoms with Gasteiger partial charge in [-0.05, 0) is 6.92 Å². The second-order valence-corrected chi connectivity index (χ2v) is 4.91. The molecule has 0 aliphatic heterocycles. The van der Waals surface area contributed by atoms with E-state index in [0.29, 0.717) is 0 Å². The van der Waals surface area contributed by atoms with Gasteiger partial charge in [0.15, 0.2) is 0 Å². The third-order valence-electron chi connectivity index (χ3n) is 2.20. The van der Waals surface area contributed by atoms with Crippen molar-refractivity contribution in [3.63, 3.8) is 0 Å². The molecule has 1 heterocycles. The Morgan fingerprint density at radius 2 is 2.16 bits per heavy atom. The Hall–Kier alpha value is -1.95. The smallest absolute Gasteiger partial charge is 0.391 e. The van der Waals surface area contributed by atoms with Gasteiger partial charge in [0.05, 0.1) is 12.1 Å². The normalized spacial score (nSPS) is 12.8. The molecule has 0 saturated carbocycles. The third kappa shape index (κ3) is 3.75. The zero-order valence-electron chi connectivity index (χ0n) is 9.84. The van der Waals surface area contributed by atoms with Crippen molar-refractivity contribution in [1.82, 2.24) is 0 Å². The molecule has 1 amide bonds. The van der Waals surface area contributed by atoms with Crippen molar-refractivity contribution in [1.29, 1.82) is 5.26 Å². The summed E-state index contributed by atoms with van der Waals surface area (Å²) in [7, 11) is 0. The number of halogens is 3. The molecule has 1 aromatic heterocycles. The van der Waals surface area contributed by atoms with E-state index in [0.717, 1.165) is 11.3 Å². The summed E-state index contributed by atoms with van der Waals surface area (Å²) in [6, 6.07) is 0.788. The van der Waals surface area contributed by atoms with Crippen LogP contribution in [0.4, 0.5) is 23.9 Å². The van der Waals surface area contributed by atoms with Crippen LogP contribution in [0.1, 0.15) is 28.6 Å². The van der Waals surface area contributed by atoms with Gasteiger partial charge >= 0.3 is 6.18 Å². The molecule has 104 valence electrons. The molecule has 1 aromatic rings. The Labute approximate surface area is 111 Å². The average molecular weight is 292 g/mol. The van der Waals surface area contributed by atoms with E-state index in [-0.39, 0.29) is 21.1 Å². The number of thiophene rings is 1. The lowest BCUT2D eigenvalue weighted by Crippen LogP contribution is -2.23. The number of nitrogens with two attached hydrogens (primary N) is 2. The molecular formula is C10H11F3N4OS. The predicted octanol–water partition coefficient (Wildman–Crippen LogP) is 2.05. The van der Waals surface area contributed by atoms with Crippen molar-refractivity contribution < 1.29 is 18.0 Å². The van der Waals surface area contributed by atoms with Gasteiger partial charge in [-0.2, -0.15) is 18.4 Å². The highest BCUT2D eigenvalue weighted by atomic mass is 32.1. The molecule has 1 atom stereocenters. The Bertz CT molecular complexity index is 532. The molecule has 0 aliphatic carbocycles. The number of primary amides is 1. The van der Waals surface area contributed by atoms with Gasteiger partial charge in [-0.15, -0.1) is 11.3 Å². The molecule has 0 spiro atoms. The standard InChI is InChI=1S/C10H11F3N4OS/c1-4(2-10(11,12)13)17-9-5(3-14)6(15)7(19-9)8(16)18/h4,17H,2,15H2,1H3,(H2,16,18). The number of nitrogens with zero attached hydrogens (tertiary/aromatic N) is 1. The zero-order valence-corrected chi connectivity index (χ0v) is 10.7. The fourth-order valence-corrected chi connectivity index (χ4v) is 2.50. The van der Waals surface area contributed by atoms with Crippen LogP contribution < -0.4 is 16.8 Å². The van der Waals surface area contributed by atoms with Gasteiger partial charge < -0.3 is 16.8 Å². The van der Waals surface area contributed by atoms with Gasteiger partial charge in [0.25, 0.3) is 5.91 Å². The molecule has 5 nitrogen and oxygen atoms in total. The maximum Gasteiger partial charge on any atom is 0.391 e. The summed E-state index contributed by atoms with van der Waals surface area (Å²) in [6.45, 7) is 1.31. The van der Waals surface area contributed by atoms with E-state index in [1.54, 1.807) is 6.07 Å². The van der Waals surface area contributed by atoms with Crippen LogP contribution in [0.25, 0.3) is 0 Å². The number of nitrogen functional groups attached to an aromatic ring is 1. The number of anilines is 2. The van der Waals surface area contributed by atoms with Crippen LogP contribution in [0, 0.1) is 11.3 Å². The van der Waals surface area contributed by atoms with Crippen LogP contribution in [0.3, 0.4) is 0 Å². The van der Waals surface area contributed by atoms with Gasteiger partial charge in [-0.3, -0.25) is 4.79 Å². The van der Waals surface area contributed by atoms with Crippen LogP contribution >= 0.6 is 11.3 Å². The van der Waals surface area contributed by atoms with E-state index in [2.05, 4.69) is 5.32 Å². The lowest BCUT2D eigenvalue weighted by molar-refractivity contribution is -0.136. The van der Waals surface area contributed by atoms with Crippen molar-refractivity contribution in [3.8, 4) is 6.07 Å². The number of hydrogen-bond donors (Lipinski definition) is 3. The van der Waals surface area contributed by atoms with Crippen molar-refractivity contribution >= 4 is 27.9 Å². The number of nitriles is 1. The number of alkyl halides is 3. The second-order valence-electron chi connectivity index (χ2n) is 3.89. The molecule has 0 bridgehead atoms. The van der Waals surface area contributed by atoms with Gasteiger partial charge in [0, 0.05) is 6.04 Å². The summed E-state index contributed by atoms with van der Waals surface area (Å²) in [4.78, 5) is 11.0. The van der Waals surface area contributed by atoms with E-state index in [1.807, 2.05) is 0 Å². The first kappa shape index (κ1) is 15.1. The number of amides is 1. The lowest BCUT2D eigenvalue weighted by Gasteiger charge is -2.15. The number of nitrogens with one attached hydrogen (secondary N) is 1. The maximum absolute atomic E-state index is 12.2. The minimum Gasteiger partial charge on any atom is -0.396 e. The van der Waals surface area contributed by atoms with Crippen LogP contribution in [0.2, 0.25) is 0 Å². The fraction of sp³-hybridized carbons (Fsp3) is 0.400. The summed E-state index contributed by atoms with van der Waals surface area (Å²) in [5, 5.41) is 11.5. The largest absolute Gasteiger partial charge is 0.396 e. The van der Waals surface area contributed by atoms with Gasteiger partial charge in [-0.1, -0.05) is 0 Å². The van der Waals surface area contributed by atoms with Gasteiger partial charge in [0.1, 0.15) is 21.5 Å². The molecular weight excluding hydrogens is 281 g/mol. The number of carbonyl (C=O) groups is 1. The highest BCUT2D eigenvalue weighted by Gasteiger charge is 2.31. The van der Waals surface area contributed by atoms with Crippen molar-refractivity contribution in [2.24, 2.45) is 5.73 Å². The van der Waals surface area contributed by atoms with Crippen LogP contribution in [-0.4, -0.2) is 18.1 Å². The molecule has 5 N–H and O–H groups in total. The topological polar surface area (TPSA) is 105 Å². The molecule has 0 aromatic carbocycles. The molecule has 0 saturated heterocycles. The summed E-state index contributed by atoms with van der Waals surface area (Å²) in [5.74, 6) is -0.824. The van der Waals surface area contributed by atoms with Crippen LogP contribution in [0.5, 0.6) is 0 Å². The highest BCUT2D eigenvalue weighted by Crippen LogP contribution is 2.36. The highest BCUT2D eigenvalue weighted by molar-refractivity contribution is 7.18. The maximum atomic E-state index is 12.2. The van der Waals surface area contributed by atoms with E-state index in [4.69, 9.17) is 16.7 Å². The second kappa shape index (κ2) is 5.36. The lowest BCUT2D eigenvalue weighted by atomic mass is 10.2. The van der Waals surface area contributed by atoms with Crippen molar-refractivity contribution in [2.45, 2.75) is 25.6 Å². The van der Waals surface area contributed by atoms with Gasteiger partial charge in [0.2, 0.25) is 0 Å². The number of hydrogen-bond acceptors (Lipinski definition) is 5. The summed E-state index contributed by atoms with van der Waals surface area (Å²) >= 11 is 0.773. The first-order valence-corrected chi connectivity index (χ1v) is 5.92. The Kier molecular flexibility index (Phi) is 4.26. The molecule has 0 fully saturated rings. The van der Waals surface area contributed by atoms with Crippen molar-refractivity contribution in [2.75, 3.05) is 11.1 Å². The van der Waals surface area contributed by atoms with E-state index in [9.17, 15) is 18.0 Å². The first-order chi connectivity index (χ1) is 8.65. The average Bonchev–Trinajstić information content (AvgIpc) is 2.52. The van der Waals surface area contributed by atoms with E-state index < -0.39 is 24.5 Å². The Morgan fingerprint density at radius 3 is 2.58 bits per heavy atom. The summed E-state index contributed by atoms with van der Waals surface area (Å²) in [5.41, 5.74) is 10.4. The quantitative estimate of drug-likeness (QED) is 0.789. The monoisotopic (exact) mass is 292 g/mol. The Morgan fingerprint density at radius 1 is 1.58 bits per heavy atom. The molecule has 1 rings (SSSR count). The third-order valence-corrected chi connectivity index (χ3v) is 3.35. The van der Waals surface area contributed by atoms with Crippen LogP contribution in [-0.2, 0) is 0 Å². The summed E-state index contributed by atoms with van der Waals surface area (Å²) < 4.78 is 36.6. The molecule has 1 unspecified atom stereocenters. The molecule has 0 aliphatic rings. The fourth-order valence-electron chi connectivity index (χ4n) is 1.46. The Balaban J connectivity index is 2.99. The molecule has 19 heavy (non-hydrogen) atoms. The zero-order chi connectivity index (χ0) is 14.8. The summed E-state index contributed by atoms with van der Waals surface area (Å²) in [6.07, 6.45) is -5.39. The predicted molar refractivity (Wildman–Crippen MR) is 65.7 cm³/mol. The minimum absolute atomic E-state index is 0.0433. The number of carbonyl (C=O) groups excluding carboxylic acids is 1. The number of rotatable bonds is 4. The molecule has 0 radical (unpaired) electrons. The minimum atomic E-state index is -4.32. The van der Waals surface area contributed by atoms with Crippen LogP contribution in [0.15, 0.2) is 0 Å².